The summed E-state index contributed by atoms with van der Waals surface area (Å²) in [6.45, 7) is 7.83. The quantitative estimate of drug-likeness (QED) is 0.282. The van der Waals surface area contributed by atoms with E-state index >= 15 is 0 Å². The third-order valence-corrected chi connectivity index (χ3v) is 5.33. The molecule has 2 aromatic rings. The number of rotatable bonds is 6. The SMILES string of the molecule is C=CC(=O)Oc1c2c(c(OC)c3ccccc13)CCC(CCC=C(C)C)C2. The highest BCUT2D eigenvalue weighted by Gasteiger charge is 2.28. The van der Waals surface area contributed by atoms with E-state index in [0.29, 0.717) is 11.7 Å². The molecule has 3 heteroatoms. The number of hydrogen-bond acceptors (Lipinski definition) is 3. The Hall–Kier alpha value is -2.55. The van der Waals surface area contributed by atoms with Crippen LogP contribution in [0.15, 0.2) is 48.6 Å². The summed E-state index contributed by atoms with van der Waals surface area (Å²) in [4.78, 5) is 12.0. The van der Waals surface area contributed by atoms with Crippen molar-refractivity contribution in [1.82, 2.24) is 0 Å². The second kappa shape index (κ2) is 8.43. The number of allylic oxidation sites excluding steroid dienone is 2. The summed E-state index contributed by atoms with van der Waals surface area (Å²) in [5, 5.41) is 1.92. The first kappa shape index (κ1) is 19.2. The lowest BCUT2D eigenvalue weighted by molar-refractivity contribution is -0.128. The Morgan fingerprint density at radius 1 is 1.19 bits per heavy atom. The van der Waals surface area contributed by atoms with Crippen LogP contribution in [0.4, 0.5) is 0 Å². The van der Waals surface area contributed by atoms with Gasteiger partial charge in [-0.1, -0.05) is 42.5 Å². The van der Waals surface area contributed by atoms with Crippen molar-refractivity contribution in [3.63, 3.8) is 0 Å². The van der Waals surface area contributed by atoms with Gasteiger partial charge in [0.05, 0.1) is 7.11 Å². The molecule has 0 saturated carbocycles. The number of carbonyl (C=O) groups is 1. The molecule has 0 saturated heterocycles. The topological polar surface area (TPSA) is 35.5 Å². The van der Waals surface area contributed by atoms with E-state index in [1.54, 1.807) is 7.11 Å². The molecule has 1 unspecified atom stereocenters. The van der Waals surface area contributed by atoms with Gasteiger partial charge in [-0.25, -0.2) is 4.79 Å². The maximum atomic E-state index is 12.0. The smallest absolute Gasteiger partial charge is 0.335 e. The lowest BCUT2D eigenvalue weighted by atomic mass is 9.79. The second-order valence-corrected chi connectivity index (χ2v) is 7.46. The summed E-state index contributed by atoms with van der Waals surface area (Å²) < 4.78 is 11.5. The van der Waals surface area contributed by atoms with Crippen LogP contribution in [0, 0.1) is 5.92 Å². The molecular weight excluding hydrogens is 336 g/mol. The molecule has 1 aliphatic rings. The average molecular weight is 364 g/mol. The third-order valence-electron chi connectivity index (χ3n) is 5.33. The van der Waals surface area contributed by atoms with Gasteiger partial charge >= 0.3 is 5.97 Å². The van der Waals surface area contributed by atoms with Crippen molar-refractivity contribution in [3.05, 3.63) is 59.7 Å². The second-order valence-electron chi connectivity index (χ2n) is 7.46. The zero-order valence-corrected chi connectivity index (χ0v) is 16.5. The van der Waals surface area contributed by atoms with Gasteiger partial charge in [0, 0.05) is 28.0 Å². The summed E-state index contributed by atoms with van der Waals surface area (Å²) in [5.74, 6) is 1.76. The lowest BCUT2D eigenvalue weighted by Crippen LogP contribution is -2.18. The van der Waals surface area contributed by atoms with E-state index in [9.17, 15) is 4.79 Å². The number of ether oxygens (including phenoxy) is 2. The Kier molecular flexibility index (Phi) is 6.00. The summed E-state index contributed by atoms with van der Waals surface area (Å²) in [7, 11) is 1.72. The summed E-state index contributed by atoms with van der Waals surface area (Å²) in [6.07, 6.45) is 8.75. The highest BCUT2D eigenvalue weighted by atomic mass is 16.5. The van der Waals surface area contributed by atoms with E-state index in [1.807, 2.05) is 24.3 Å². The fourth-order valence-electron chi connectivity index (χ4n) is 4.04. The van der Waals surface area contributed by atoms with Crippen molar-refractivity contribution in [2.75, 3.05) is 7.11 Å². The van der Waals surface area contributed by atoms with Gasteiger partial charge in [-0.05, 0) is 51.9 Å². The van der Waals surface area contributed by atoms with Crippen molar-refractivity contribution in [2.45, 2.75) is 46.0 Å². The van der Waals surface area contributed by atoms with Crippen LogP contribution in [-0.2, 0) is 17.6 Å². The maximum Gasteiger partial charge on any atom is 0.335 e. The summed E-state index contributed by atoms with van der Waals surface area (Å²) in [5.41, 5.74) is 3.66. The molecular formula is C24H28O3. The Morgan fingerprint density at radius 2 is 1.89 bits per heavy atom. The van der Waals surface area contributed by atoms with E-state index in [2.05, 4.69) is 26.5 Å². The van der Waals surface area contributed by atoms with Crippen LogP contribution in [0.1, 0.15) is 44.2 Å². The fourth-order valence-corrected chi connectivity index (χ4v) is 4.04. The van der Waals surface area contributed by atoms with E-state index in [-0.39, 0.29) is 0 Å². The van der Waals surface area contributed by atoms with E-state index in [4.69, 9.17) is 9.47 Å². The lowest BCUT2D eigenvalue weighted by Gasteiger charge is -2.29. The Bertz CT molecular complexity index is 888. The van der Waals surface area contributed by atoms with Gasteiger partial charge in [0.1, 0.15) is 11.5 Å². The predicted molar refractivity (Wildman–Crippen MR) is 111 cm³/mol. The van der Waals surface area contributed by atoms with Crippen LogP contribution in [0.2, 0.25) is 0 Å². The number of fused-ring (bicyclic) bond motifs is 2. The molecule has 0 heterocycles. The first-order valence-electron chi connectivity index (χ1n) is 9.63. The molecule has 27 heavy (non-hydrogen) atoms. The molecule has 0 radical (unpaired) electrons. The molecule has 0 N–H and O–H groups in total. The molecule has 3 nitrogen and oxygen atoms in total. The van der Waals surface area contributed by atoms with Gasteiger partial charge in [-0.3, -0.25) is 0 Å². The molecule has 1 aliphatic carbocycles. The number of esters is 1. The summed E-state index contributed by atoms with van der Waals surface area (Å²) in [6, 6.07) is 7.98. The molecule has 0 bridgehead atoms. The van der Waals surface area contributed by atoms with Crippen molar-refractivity contribution in [2.24, 2.45) is 5.92 Å². The summed E-state index contributed by atoms with van der Waals surface area (Å²) >= 11 is 0. The highest BCUT2D eigenvalue weighted by molar-refractivity contribution is 5.98. The highest BCUT2D eigenvalue weighted by Crippen LogP contribution is 2.45. The normalized spacial score (nSPS) is 15.7. The minimum Gasteiger partial charge on any atom is -0.496 e. The van der Waals surface area contributed by atoms with Gasteiger partial charge in [0.15, 0.2) is 0 Å². The monoisotopic (exact) mass is 364 g/mol. The molecule has 1 atom stereocenters. The molecule has 2 aromatic carbocycles. The first-order chi connectivity index (χ1) is 13.0. The predicted octanol–water partition coefficient (Wildman–Crippen LogP) is 5.79. The minimum atomic E-state index is -0.417. The van der Waals surface area contributed by atoms with Gasteiger partial charge in [0.25, 0.3) is 0 Å². The zero-order chi connectivity index (χ0) is 19.4. The fraction of sp³-hybridized carbons (Fsp3) is 0.375. The van der Waals surface area contributed by atoms with Crippen LogP contribution in [-0.4, -0.2) is 13.1 Å². The number of carbonyl (C=O) groups excluding carboxylic acids is 1. The van der Waals surface area contributed by atoms with Gasteiger partial charge in [-0.15, -0.1) is 0 Å². The average Bonchev–Trinajstić information content (AvgIpc) is 2.67. The van der Waals surface area contributed by atoms with Gasteiger partial charge in [0.2, 0.25) is 0 Å². The first-order valence-corrected chi connectivity index (χ1v) is 9.63. The Morgan fingerprint density at radius 3 is 2.52 bits per heavy atom. The Balaban J connectivity index is 2.07. The Labute approximate surface area is 161 Å². The zero-order valence-electron chi connectivity index (χ0n) is 16.5. The molecule has 0 aromatic heterocycles. The van der Waals surface area contributed by atoms with Crippen molar-refractivity contribution in [3.8, 4) is 11.5 Å². The third kappa shape index (κ3) is 4.08. The van der Waals surface area contributed by atoms with Crippen LogP contribution in [0.3, 0.4) is 0 Å². The van der Waals surface area contributed by atoms with Crippen LogP contribution in [0.25, 0.3) is 10.8 Å². The van der Waals surface area contributed by atoms with Crippen molar-refractivity contribution < 1.29 is 14.3 Å². The minimum absolute atomic E-state index is 0.417. The van der Waals surface area contributed by atoms with Crippen LogP contribution >= 0.6 is 0 Å². The van der Waals surface area contributed by atoms with Gasteiger partial charge < -0.3 is 9.47 Å². The molecule has 3 rings (SSSR count). The molecule has 0 aliphatic heterocycles. The molecule has 0 fully saturated rings. The maximum absolute atomic E-state index is 12.0. The molecule has 0 spiro atoms. The van der Waals surface area contributed by atoms with E-state index in [1.165, 1.54) is 17.2 Å². The number of methoxy groups -OCH3 is 1. The molecule has 142 valence electrons. The largest absolute Gasteiger partial charge is 0.496 e. The van der Waals surface area contributed by atoms with E-state index < -0.39 is 5.97 Å². The van der Waals surface area contributed by atoms with Gasteiger partial charge in [-0.2, -0.15) is 0 Å². The van der Waals surface area contributed by atoms with Crippen LogP contribution < -0.4 is 9.47 Å². The number of hydrogen-bond donors (Lipinski definition) is 0. The van der Waals surface area contributed by atoms with Crippen molar-refractivity contribution >= 4 is 16.7 Å². The van der Waals surface area contributed by atoms with Crippen LogP contribution in [0.5, 0.6) is 11.5 Å². The van der Waals surface area contributed by atoms with E-state index in [0.717, 1.165) is 54.2 Å². The standard InChI is InChI=1S/C24H28O3/c1-5-22(25)27-24-19-12-7-6-11-18(19)23(26-4)20-14-13-17(15-21(20)24)10-8-9-16(2)3/h5-7,9,11-12,17H,1,8,10,13-15H2,2-4H3. The molecule has 0 amide bonds. The van der Waals surface area contributed by atoms with Crippen molar-refractivity contribution in [1.29, 1.82) is 0 Å². The number of benzene rings is 2.